The van der Waals surface area contributed by atoms with E-state index in [9.17, 15) is 4.39 Å². The summed E-state index contributed by atoms with van der Waals surface area (Å²) in [6.07, 6.45) is 5.55. The van der Waals surface area contributed by atoms with Crippen LogP contribution in [0.3, 0.4) is 0 Å². The zero-order valence-electron chi connectivity index (χ0n) is 12.1. The van der Waals surface area contributed by atoms with Crippen LogP contribution in [0.5, 0.6) is 0 Å². The molecule has 0 saturated carbocycles. The number of hydrazone groups is 1. The molecule has 1 heterocycles. The lowest BCUT2D eigenvalue weighted by atomic mass is 9.95. The first kappa shape index (κ1) is 14.3. The molecule has 0 aromatic heterocycles. The molecule has 1 aliphatic rings. The maximum atomic E-state index is 13.1. The smallest absolute Gasteiger partial charge is 0.132 e. The van der Waals surface area contributed by atoms with Crippen LogP contribution in [0.1, 0.15) is 18.1 Å². The first-order chi connectivity index (χ1) is 10.7. The minimum atomic E-state index is -0.267. The number of nitrogens with one attached hydrogen (secondary N) is 1. The van der Waals surface area contributed by atoms with Gasteiger partial charge in [-0.2, -0.15) is 5.10 Å². The van der Waals surface area contributed by atoms with Gasteiger partial charge in [-0.1, -0.05) is 30.2 Å². The SMILES string of the molecule is C#Cc1cc(C2=NNCO[C@H]2C)ccc1-c1ccc(F)cc1. The van der Waals surface area contributed by atoms with E-state index in [0.29, 0.717) is 6.73 Å². The second kappa shape index (κ2) is 6.00. The van der Waals surface area contributed by atoms with Gasteiger partial charge in [-0.05, 0) is 36.2 Å². The van der Waals surface area contributed by atoms with Crippen molar-refractivity contribution in [3.8, 4) is 23.5 Å². The summed E-state index contributed by atoms with van der Waals surface area (Å²) in [5, 5.41) is 4.29. The van der Waals surface area contributed by atoms with Gasteiger partial charge in [0.15, 0.2) is 0 Å². The normalized spacial score (nSPS) is 17.3. The fourth-order valence-electron chi connectivity index (χ4n) is 2.45. The summed E-state index contributed by atoms with van der Waals surface area (Å²) >= 11 is 0. The highest BCUT2D eigenvalue weighted by atomic mass is 19.1. The quantitative estimate of drug-likeness (QED) is 0.863. The minimum Gasteiger partial charge on any atom is -0.351 e. The van der Waals surface area contributed by atoms with Gasteiger partial charge in [0.05, 0.1) is 5.71 Å². The van der Waals surface area contributed by atoms with Crippen LogP contribution in [0.4, 0.5) is 4.39 Å². The number of ether oxygens (including phenoxy) is 1. The van der Waals surface area contributed by atoms with Crippen molar-refractivity contribution in [3.63, 3.8) is 0 Å². The lowest BCUT2D eigenvalue weighted by Crippen LogP contribution is -2.33. The average molecular weight is 294 g/mol. The highest BCUT2D eigenvalue weighted by molar-refractivity contribution is 6.04. The van der Waals surface area contributed by atoms with Crippen LogP contribution >= 0.6 is 0 Å². The topological polar surface area (TPSA) is 33.6 Å². The Morgan fingerprint density at radius 2 is 1.95 bits per heavy atom. The van der Waals surface area contributed by atoms with Crippen molar-refractivity contribution in [2.24, 2.45) is 5.10 Å². The highest BCUT2D eigenvalue weighted by Crippen LogP contribution is 2.25. The van der Waals surface area contributed by atoms with E-state index < -0.39 is 0 Å². The fraction of sp³-hybridized carbons (Fsp3) is 0.167. The maximum absolute atomic E-state index is 13.1. The number of hydrogen-bond acceptors (Lipinski definition) is 3. The zero-order valence-corrected chi connectivity index (χ0v) is 12.1. The van der Waals surface area contributed by atoms with Gasteiger partial charge in [0.2, 0.25) is 0 Å². The zero-order chi connectivity index (χ0) is 15.5. The Kier molecular flexibility index (Phi) is 3.90. The van der Waals surface area contributed by atoms with Crippen molar-refractivity contribution in [2.75, 3.05) is 6.73 Å². The minimum absolute atomic E-state index is 0.0939. The Labute approximate surface area is 128 Å². The standard InChI is InChI=1S/C18H15FN2O/c1-3-13-10-15(18-12(2)22-11-20-21-18)6-9-17(13)14-4-7-16(19)8-5-14/h1,4-10,12,20H,11H2,2H3/t12-/m0/s1. The molecule has 110 valence electrons. The van der Waals surface area contributed by atoms with Crippen LogP contribution in [0.25, 0.3) is 11.1 Å². The number of terminal acetylenes is 1. The fourth-order valence-corrected chi connectivity index (χ4v) is 2.45. The second-order valence-electron chi connectivity index (χ2n) is 5.02. The predicted octanol–water partition coefficient (Wildman–Crippen LogP) is 3.14. The Balaban J connectivity index is 2.03. The average Bonchev–Trinajstić information content (AvgIpc) is 2.55. The van der Waals surface area contributed by atoms with E-state index in [4.69, 9.17) is 11.2 Å². The van der Waals surface area contributed by atoms with Crippen molar-refractivity contribution in [1.29, 1.82) is 0 Å². The predicted molar refractivity (Wildman–Crippen MR) is 84.9 cm³/mol. The molecule has 1 aliphatic heterocycles. The Morgan fingerprint density at radius 1 is 1.23 bits per heavy atom. The monoisotopic (exact) mass is 294 g/mol. The molecule has 4 heteroatoms. The number of halogens is 1. The molecule has 0 aliphatic carbocycles. The molecule has 1 N–H and O–H groups in total. The molecule has 2 aromatic carbocycles. The van der Waals surface area contributed by atoms with Crippen LogP contribution in [0.2, 0.25) is 0 Å². The summed E-state index contributed by atoms with van der Waals surface area (Å²) in [5.74, 6) is 2.43. The van der Waals surface area contributed by atoms with Crippen molar-refractivity contribution >= 4 is 5.71 Å². The summed E-state index contributed by atoms with van der Waals surface area (Å²) < 4.78 is 18.6. The van der Waals surface area contributed by atoms with E-state index in [2.05, 4.69) is 16.4 Å². The van der Waals surface area contributed by atoms with Crippen LogP contribution in [0, 0.1) is 18.2 Å². The van der Waals surface area contributed by atoms with E-state index >= 15 is 0 Å². The molecule has 2 aromatic rings. The molecule has 22 heavy (non-hydrogen) atoms. The first-order valence-corrected chi connectivity index (χ1v) is 6.98. The number of benzene rings is 2. The molecule has 0 radical (unpaired) electrons. The van der Waals surface area contributed by atoms with Gasteiger partial charge in [-0.15, -0.1) is 6.42 Å². The van der Waals surface area contributed by atoms with E-state index in [-0.39, 0.29) is 11.9 Å². The summed E-state index contributed by atoms with van der Waals surface area (Å²) in [4.78, 5) is 0. The third-order valence-corrected chi connectivity index (χ3v) is 3.61. The molecule has 0 saturated heterocycles. The summed E-state index contributed by atoms with van der Waals surface area (Å²) in [7, 11) is 0. The second-order valence-corrected chi connectivity index (χ2v) is 5.02. The number of rotatable bonds is 2. The third kappa shape index (κ3) is 2.72. The lowest BCUT2D eigenvalue weighted by molar-refractivity contribution is 0.0820. The first-order valence-electron chi connectivity index (χ1n) is 6.98. The van der Waals surface area contributed by atoms with Gasteiger partial charge < -0.3 is 4.74 Å². The van der Waals surface area contributed by atoms with E-state index in [1.165, 1.54) is 12.1 Å². The molecular formula is C18H15FN2O. The van der Waals surface area contributed by atoms with Crippen molar-refractivity contribution < 1.29 is 9.13 Å². The Morgan fingerprint density at radius 3 is 2.64 bits per heavy atom. The summed E-state index contributed by atoms with van der Waals surface area (Å²) in [5.41, 5.74) is 7.07. The Bertz CT molecular complexity index is 760. The molecule has 1 atom stereocenters. The van der Waals surface area contributed by atoms with Crippen molar-refractivity contribution in [2.45, 2.75) is 13.0 Å². The maximum Gasteiger partial charge on any atom is 0.132 e. The number of hydrogen-bond donors (Lipinski definition) is 1. The van der Waals surface area contributed by atoms with E-state index in [0.717, 1.165) is 28.0 Å². The molecule has 3 nitrogen and oxygen atoms in total. The van der Waals surface area contributed by atoms with Crippen LogP contribution < -0.4 is 5.43 Å². The van der Waals surface area contributed by atoms with Gasteiger partial charge in [0, 0.05) is 11.1 Å². The van der Waals surface area contributed by atoms with Crippen LogP contribution in [0.15, 0.2) is 47.6 Å². The van der Waals surface area contributed by atoms with Crippen LogP contribution in [-0.2, 0) is 4.74 Å². The molecule has 3 rings (SSSR count). The van der Waals surface area contributed by atoms with Gasteiger partial charge >= 0.3 is 0 Å². The van der Waals surface area contributed by atoms with Gasteiger partial charge in [-0.3, -0.25) is 5.43 Å². The highest BCUT2D eigenvalue weighted by Gasteiger charge is 2.18. The largest absolute Gasteiger partial charge is 0.351 e. The molecule has 0 amide bonds. The van der Waals surface area contributed by atoms with E-state index in [1.54, 1.807) is 12.1 Å². The molecule has 0 spiro atoms. The molecule has 0 unspecified atom stereocenters. The van der Waals surface area contributed by atoms with Crippen LogP contribution in [-0.4, -0.2) is 18.5 Å². The van der Waals surface area contributed by atoms with Gasteiger partial charge in [0.1, 0.15) is 18.7 Å². The van der Waals surface area contributed by atoms with Gasteiger partial charge in [0.25, 0.3) is 0 Å². The Hall–Kier alpha value is -2.64. The van der Waals surface area contributed by atoms with Gasteiger partial charge in [-0.25, -0.2) is 4.39 Å². The van der Waals surface area contributed by atoms with Crippen molar-refractivity contribution in [1.82, 2.24) is 5.43 Å². The molecular weight excluding hydrogens is 279 g/mol. The third-order valence-electron chi connectivity index (χ3n) is 3.61. The summed E-state index contributed by atoms with van der Waals surface area (Å²) in [6.45, 7) is 2.35. The molecule has 0 fully saturated rings. The molecule has 0 bridgehead atoms. The lowest BCUT2D eigenvalue weighted by Gasteiger charge is -2.21. The van der Waals surface area contributed by atoms with Crippen molar-refractivity contribution in [3.05, 3.63) is 59.4 Å². The van der Waals surface area contributed by atoms with E-state index in [1.807, 2.05) is 25.1 Å². The summed E-state index contributed by atoms with van der Waals surface area (Å²) in [6, 6.07) is 12.1. The number of nitrogens with zero attached hydrogens (tertiary/aromatic N) is 1.